The van der Waals surface area contributed by atoms with Gasteiger partial charge in [0, 0.05) is 37.8 Å². The third-order valence-electron chi connectivity index (χ3n) is 6.94. The van der Waals surface area contributed by atoms with E-state index in [4.69, 9.17) is 4.98 Å². The van der Waals surface area contributed by atoms with Gasteiger partial charge in [-0.15, -0.1) is 0 Å². The summed E-state index contributed by atoms with van der Waals surface area (Å²) in [6, 6.07) is 9.46. The summed E-state index contributed by atoms with van der Waals surface area (Å²) in [5.41, 5.74) is 1.27. The van der Waals surface area contributed by atoms with Crippen molar-refractivity contribution < 1.29 is 4.79 Å². The Morgan fingerprint density at radius 3 is 2.65 bits per heavy atom. The Hall–Kier alpha value is -3.46. The highest BCUT2D eigenvalue weighted by molar-refractivity contribution is 5.95. The van der Waals surface area contributed by atoms with E-state index in [2.05, 4.69) is 16.3 Å². The van der Waals surface area contributed by atoms with E-state index in [0.29, 0.717) is 41.3 Å². The molecule has 2 aliphatic rings. The summed E-state index contributed by atoms with van der Waals surface area (Å²) in [6.45, 7) is 5.99. The van der Waals surface area contributed by atoms with Gasteiger partial charge in [-0.3, -0.25) is 18.7 Å². The number of aryl methyl sites for hydroxylation is 1. The minimum absolute atomic E-state index is 0.283. The zero-order valence-corrected chi connectivity index (χ0v) is 19.8. The van der Waals surface area contributed by atoms with Crippen molar-refractivity contribution in [3.63, 3.8) is 0 Å². The SMILES string of the molecule is CC(C)=CCn1c(N2CC[C@H]3NCC[C@H]32)nc2c1c(=O)n(CC(=O)c1ccccc1)c(=O)n2C. The summed E-state index contributed by atoms with van der Waals surface area (Å²) < 4.78 is 4.33. The predicted octanol–water partition coefficient (Wildman–Crippen LogP) is 1.69. The molecule has 0 amide bonds. The van der Waals surface area contributed by atoms with Crippen LogP contribution in [-0.4, -0.2) is 49.6 Å². The maximum absolute atomic E-state index is 13.7. The van der Waals surface area contributed by atoms with E-state index in [-0.39, 0.29) is 12.3 Å². The molecule has 0 saturated carbocycles. The molecule has 1 aromatic carbocycles. The molecule has 0 radical (unpaired) electrons. The van der Waals surface area contributed by atoms with Crippen molar-refractivity contribution in [2.45, 2.75) is 51.9 Å². The fourth-order valence-electron chi connectivity index (χ4n) is 5.14. The summed E-state index contributed by atoms with van der Waals surface area (Å²) in [4.78, 5) is 46.8. The maximum Gasteiger partial charge on any atom is 0.332 e. The Morgan fingerprint density at radius 1 is 1.15 bits per heavy atom. The first-order valence-corrected chi connectivity index (χ1v) is 11.8. The molecule has 2 aromatic heterocycles. The number of ketones is 1. The number of rotatable bonds is 6. The second kappa shape index (κ2) is 8.72. The van der Waals surface area contributed by atoms with Gasteiger partial charge in [0.25, 0.3) is 5.56 Å². The molecule has 2 fully saturated rings. The normalized spacial score (nSPS) is 19.6. The number of Topliss-reactive ketones (excluding diaryl/α,β-unsaturated/α-hetero) is 1. The molecule has 2 saturated heterocycles. The van der Waals surface area contributed by atoms with Crippen LogP contribution in [0.3, 0.4) is 0 Å². The summed E-state index contributed by atoms with van der Waals surface area (Å²) in [7, 11) is 1.61. The van der Waals surface area contributed by atoms with Crippen molar-refractivity contribution in [1.29, 1.82) is 0 Å². The van der Waals surface area contributed by atoms with Gasteiger partial charge in [0.05, 0.1) is 6.54 Å². The summed E-state index contributed by atoms with van der Waals surface area (Å²) in [6.07, 6.45) is 4.09. The minimum Gasteiger partial charge on any atom is -0.338 e. The van der Waals surface area contributed by atoms with Crippen molar-refractivity contribution in [2.24, 2.45) is 7.05 Å². The number of imidazole rings is 1. The van der Waals surface area contributed by atoms with Crippen molar-refractivity contribution >= 4 is 22.9 Å². The van der Waals surface area contributed by atoms with E-state index in [1.165, 1.54) is 4.57 Å². The lowest BCUT2D eigenvalue weighted by molar-refractivity contribution is 0.0969. The van der Waals surface area contributed by atoms with Crippen LogP contribution < -0.4 is 21.5 Å². The van der Waals surface area contributed by atoms with E-state index in [9.17, 15) is 14.4 Å². The lowest BCUT2D eigenvalue weighted by Gasteiger charge is -2.25. The smallest absolute Gasteiger partial charge is 0.332 e. The molecular formula is C25H30N6O3. The molecule has 0 spiro atoms. The highest BCUT2D eigenvalue weighted by Crippen LogP contribution is 2.31. The average molecular weight is 463 g/mol. The summed E-state index contributed by atoms with van der Waals surface area (Å²) in [5, 5.41) is 3.55. The number of benzene rings is 1. The second-order valence-corrected chi connectivity index (χ2v) is 9.40. The zero-order valence-electron chi connectivity index (χ0n) is 19.8. The number of carbonyl (C=O) groups excluding carboxylic acids is 1. The third kappa shape index (κ3) is 3.69. The van der Waals surface area contributed by atoms with E-state index < -0.39 is 11.2 Å². The maximum atomic E-state index is 13.7. The third-order valence-corrected chi connectivity index (χ3v) is 6.94. The number of aromatic nitrogens is 4. The van der Waals surface area contributed by atoms with Crippen LogP contribution in [0.2, 0.25) is 0 Å². The monoisotopic (exact) mass is 462 g/mol. The van der Waals surface area contributed by atoms with E-state index >= 15 is 0 Å². The Kier molecular flexibility index (Phi) is 5.73. The number of nitrogens with one attached hydrogen (secondary N) is 1. The predicted molar refractivity (Wildman–Crippen MR) is 132 cm³/mol. The fourth-order valence-corrected chi connectivity index (χ4v) is 5.14. The summed E-state index contributed by atoms with van der Waals surface area (Å²) >= 11 is 0. The van der Waals surface area contributed by atoms with Crippen molar-refractivity contribution in [3.05, 3.63) is 68.4 Å². The summed E-state index contributed by atoms with van der Waals surface area (Å²) in [5.74, 6) is 0.428. The van der Waals surface area contributed by atoms with Crippen molar-refractivity contribution in [1.82, 2.24) is 24.0 Å². The van der Waals surface area contributed by atoms with Gasteiger partial charge in [0.2, 0.25) is 5.95 Å². The first kappa shape index (κ1) is 22.3. The van der Waals surface area contributed by atoms with Crippen LogP contribution >= 0.6 is 0 Å². The Balaban J connectivity index is 1.67. The average Bonchev–Trinajstić information content (AvgIpc) is 3.54. The number of fused-ring (bicyclic) bond motifs is 2. The number of hydrogen-bond donors (Lipinski definition) is 1. The first-order valence-electron chi connectivity index (χ1n) is 11.8. The lowest BCUT2D eigenvalue weighted by Crippen LogP contribution is -2.41. The lowest BCUT2D eigenvalue weighted by atomic mass is 10.1. The van der Waals surface area contributed by atoms with Crippen LogP contribution in [0.1, 0.15) is 37.0 Å². The molecule has 1 N–H and O–H groups in total. The zero-order chi connectivity index (χ0) is 24.0. The second-order valence-electron chi connectivity index (χ2n) is 9.40. The van der Waals surface area contributed by atoms with Crippen LogP contribution in [-0.2, 0) is 20.1 Å². The van der Waals surface area contributed by atoms with Crippen LogP contribution in [0.4, 0.5) is 5.95 Å². The van der Waals surface area contributed by atoms with Gasteiger partial charge < -0.3 is 14.8 Å². The van der Waals surface area contributed by atoms with Gasteiger partial charge in [-0.1, -0.05) is 42.0 Å². The number of anilines is 1. The Bertz CT molecular complexity index is 1390. The van der Waals surface area contributed by atoms with Gasteiger partial charge in [0.15, 0.2) is 16.9 Å². The number of allylic oxidation sites excluding steroid dienone is 2. The van der Waals surface area contributed by atoms with Crippen LogP contribution in [0.15, 0.2) is 51.6 Å². The van der Waals surface area contributed by atoms with Gasteiger partial charge in [0.1, 0.15) is 0 Å². The number of nitrogens with zero attached hydrogens (tertiary/aromatic N) is 5. The molecule has 0 aliphatic carbocycles. The molecule has 0 bridgehead atoms. The molecule has 4 heterocycles. The molecule has 34 heavy (non-hydrogen) atoms. The van der Waals surface area contributed by atoms with Gasteiger partial charge >= 0.3 is 5.69 Å². The molecule has 2 atom stereocenters. The van der Waals surface area contributed by atoms with E-state index in [0.717, 1.165) is 36.1 Å². The molecule has 9 nitrogen and oxygen atoms in total. The van der Waals surface area contributed by atoms with Crippen LogP contribution in [0, 0.1) is 0 Å². The molecule has 3 aromatic rings. The molecular weight excluding hydrogens is 432 g/mol. The van der Waals surface area contributed by atoms with Gasteiger partial charge in [-0.05, 0) is 33.2 Å². The molecule has 9 heteroatoms. The first-order chi connectivity index (χ1) is 16.4. The van der Waals surface area contributed by atoms with E-state index in [1.807, 2.05) is 24.5 Å². The van der Waals surface area contributed by atoms with E-state index in [1.54, 1.807) is 31.3 Å². The highest BCUT2D eigenvalue weighted by atomic mass is 16.2. The van der Waals surface area contributed by atoms with Crippen molar-refractivity contribution in [3.8, 4) is 0 Å². The molecule has 0 unspecified atom stereocenters. The van der Waals surface area contributed by atoms with Gasteiger partial charge in [-0.2, -0.15) is 4.98 Å². The van der Waals surface area contributed by atoms with Gasteiger partial charge in [-0.25, -0.2) is 4.79 Å². The quantitative estimate of drug-likeness (QED) is 0.443. The standard InChI is InChI=1S/C25H30N6O3/c1-16(2)10-13-30-21-22(27-24(30)29-14-11-18-19(29)9-12-26-18)28(3)25(34)31(23(21)33)15-20(32)17-7-5-4-6-8-17/h4-8,10,18-19,26H,9,11-15H2,1-3H3/t18-,19-/m1/s1. The largest absolute Gasteiger partial charge is 0.338 e. The fraction of sp³-hybridized carbons (Fsp3) is 0.440. The molecule has 5 rings (SSSR count). The topological polar surface area (TPSA) is 94.2 Å². The molecule has 178 valence electrons. The number of hydrogen-bond acceptors (Lipinski definition) is 6. The highest BCUT2D eigenvalue weighted by Gasteiger charge is 2.40. The number of carbonyl (C=O) groups is 1. The molecule has 2 aliphatic heterocycles. The Morgan fingerprint density at radius 2 is 1.91 bits per heavy atom. The van der Waals surface area contributed by atoms with Crippen LogP contribution in [0.25, 0.3) is 11.2 Å². The minimum atomic E-state index is -0.540. The van der Waals surface area contributed by atoms with Crippen molar-refractivity contribution in [2.75, 3.05) is 18.0 Å². The van der Waals surface area contributed by atoms with Crippen LogP contribution in [0.5, 0.6) is 0 Å². The Labute approximate surface area is 197 Å².